The molecule has 1 saturated heterocycles. The van der Waals surface area contributed by atoms with Crippen molar-refractivity contribution in [2.45, 2.75) is 25.3 Å². The number of rotatable bonds is 6. The summed E-state index contributed by atoms with van der Waals surface area (Å²) in [6.07, 6.45) is 1.68. The molecule has 5 heteroatoms. The summed E-state index contributed by atoms with van der Waals surface area (Å²) in [6.45, 7) is 1.21. The van der Waals surface area contributed by atoms with Crippen molar-refractivity contribution in [2.24, 2.45) is 11.7 Å². The summed E-state index contributed by atoms with van der Waals surface area (Å²) >= 11 is 0. The van der Waals surface area contributed by atoms with Crippen molar-refractivity contribution >= 4 is 11.7 Å². The van der Waals surface area contributed by atoms with Crippen molar-refractivity contribution in [3.63, 3.8) is 0 Å². The summed E-state index contributed by atoms with van der Waals surface area (Å²) < 4.78 is 5.13. The summed E-state index contributed by atoms with van der Waals surface area (Å²) in [4.78, 5) is 27.1. The number of likely N-dealkylation sites (tertiary alicyclic amines) is 1. The highest BCUT2D eigenvalue weighted by molar-refractivity contribution is 5.98. The Morgan fingerprint density at radius 2 is 1.70 bits per heavy atom. The van der Waals surface area contributed by atoms with Crippen LogP contribution in [-0.2, 0) is 4.79 Å². The van der Waals surface area contributed by atoms with Gasteiger partial charge in [-0.05, 0) is 42.7 Å². The molecular weight excluding hydrogens is 340 g/mol. The van der Waals surface area contributed by atoms with Gasteiger partial charge in [0.15, 0.2) is 5.78 Å². The molecule has 142 valence electrons. The third kappa shape index (κ3) is 4.74. The Labute approximate surface area is 160 Å². The number of nitrogens with zero attached hydrogens (tertiary/aromatic N) is 1. The Hall–Kier alpha value is -2.66. The molecule has 0 spiro atoms. The molecule has 1 unspecified atom stereocenters. The van der Waals surface area contributed by atoms with E-state index in [0.717, 1.165) is 11.3 Å². The number of carbonyl (C=O) groups excluding carboxylic acids is 2. The van der Waals surface area contributed by atoms with Crippen molar-refractivity contribution in [2.75, 3.05) is 20.2 Å². The zero-order chi connectivity index (χ0) is 19.2. The van der Waals surface area contributed by atoms with Gasteiger partial charge in [0.05, 0.1) is 7.11 Å². The van der Waals surface area contributed by atoms with Crippen molar-refractivity contribution in [1.29, 1.82) is 0 Å². The molecule has 0 radical (unpaired) electrons. The second-order valence-electron chi connectivity index (χ2n) is 6.97. The molecule has 1 heterocycles. The van der Waals surface area contributed by atoms with Gasteiger partial charge >= 0.3 is 0 Å². The van der Waals surface area contributed by atoms with Crippen LogP contribution in [0.4, 0.5) is 0 Å². The van der Waals surface area contributed by atoms with Gasteiger partial charge in [-0.15, -0.1) is 0 Å². The van der Waals surface area contributed by atoms with E-state index in [4.69, 9.17) is 10.5 Å². The normalized spacial score (nSPS) is 16.0. The molecule has 1 fully saturated rings. The average Bonchev–Trinajstić information content (AvgIpc) is 2.74. The molecule has 2 aromatic carbocycles. The molecule has 1 atom stereocenters. The van der Waals surface area contributed by atoms with Crippen LogP contribution in [-0.4, -0.2) is 36.8 Å². The second-order valence-corrected chi connectivity index (χ2v) is 6.97. The summed E-state index contributed by atoms with van der Waals surface area (Å²) in [5.74, 6) is 0.902. The molecule has 1 aliphatic heterocycles. The monoisotopic (exact) mass is 366 g/mol. The molecule has 0 aliphatic carbocycles. The zero-order valence-electron chi connectivity index (χ0n) is 15.6. The van der Waals surface area contributed by atoms with E-state index in [1.807, 2.05) is 35.2 Å². The number of amides is 1. The SMILES string of the molecule is COc1ccc(C(=O)C2CCN(C(=O)CC(N)c3ccccc3)CC2)cc1. The first-order valence-electron chi connectivity index (χ1n) is 9.35. The third-order valence-electron chi connectivity index (χ3n) is 5.22. The summed E-state index contributed by atoms with van der Waals surface area (Å²) in [7, 11) is 1.60. The van der Waals surface area contributed by atoms with E-state index < -0.39 is 0 Å². The molecular formula is C22H26N2O3. The number of nitrogens with two attached hydrogens (primary N) is 1. The van der Waals surface area contributed by atoms with E-state index in [-0.39, 0.29) is 23.7 Å². The van der Waals surface area contributed by atoms with Crippen LogP contribution in [0.3, 0.4) is 0 Å². The minimum atomic E-state index is -0.294. The van der Waals surface area contributed by atoms with Crippen LogP contribution in [0, 0.1) is 5.92 Å². The summed E-state index contributed by atoms with van der Waals surface area (Å²) in [6, 6.07) is 16.6. The number of methoxy groups -OCH3 is 1. The number of hydrogen-bond acceptors (Lipinski definition) is 4. The first-order valence-corrected chi connectivity index (χ1v) is 9.35. The quantitative estimate of drug-likeness (QED) is 0.797. The van der Waals surface area contributed by atoms with E-state index in [1.54, 1.807) is 31.4 Å². The molecule has 2 N–H and O–H groups in total. The van der Waals surface area contributed by atoms with E-state index in [0.29, 0.717) is 37.9 Å². The lowest BCUT2D eigenvalue weighted by Crippen LogP contribution is -2.41. The fourth-order valence-electron chi connectivity index (χ4n) is 3.52. The average molecular weight is 366 g/mol. The molecule has 5 nitrogen and oxygen atoms in total. The standard InChI is InChI=1S/C22H26N2O3/c1-27-19-9-7-17(8-10-19)22(26)18-11-13-24(14-12-18)21(25)15-20(23)16-5-3-2-4-6-16/h2-10,18,20H,11-15,23H2,1H3. The van der Waals surface area contributed by atoms with Gasteiger partial charge in [0.1, 0.15) is 5.75 Å². The lowest BCUT2D eigenvalue weighted by Gasteiger charge is -2.32. The highest BCUT2D eigenvalue weighted by Crippen LogP contribution is 2.24. The van der Waals surface area contributed by atoms with Crippen LogP contribution >= 0.6 is 0 Å². The van der Waals surface area contributed by atoms with Gasteiger partial charge in [-0.2, -0.15) is 0 Å². The molecule has 1 amide bonds. The number of Topliss-reactive ketones (excluding diaryl/α,β-unsaturated/α-hetero) is 1. The van der Waals surface area contributed by atoms with E-state index in [9.17, 15) is 9.59 Å². The Morgan fingerprint density at radius 1 is 1.07 bits per heavy atom. The van der Waals surface area contributed by atoms with Crippen molar-refractivity contribution in [3.8, 4) is 5.75 Å². The van der Waals surface area contributed by atoms with Crippen LogP contribution in [0.25, 0.3) is 0 Å². The van der Waals surface area contributed by atoms with Crippen molar-refractivity contribution in [1.82, 2.24) is 4.90 Å². The zero-order valence-corrected chi connectivity index (χ0v) is 15.6. The largest absolute Gasteiger partial charge is 0.497 e. The number of ether oxygens (including phenoxy) is 1. The highest BCUT2D eigenvalue weighted by atomic mass is 16.5. The summed E-state index contributed by atoms with van der Waals surface area (Å²) in [5, 5.41) is 0. The van der Waals surface area contributed by atoms with Crippen molar-refractivity contribution < 1.29 is 14.3 Å². The topological polar surface area (TPSA) is 72.6 Å². The fraction of sp³-hybridized carbons (Fsp3) is 0.364. The second kappa shape index (κ2) is 8.82. The fourth-order valence-corrected chi connectivity index (χ4v) is 3.52. The van der Waals surface area contributed by atoms with Crippen LogP contribution in [0.1, 0.15) is 41.2 Å². The highest BCUT2D eigenvalue weighted by Gasteiger charge is 2.28. The van der Waals surface area contributed by atoms with Crippen LogP contribution < -0.4 is 10.5 Å². The van der Waals surface area contributed by atoms with E-state index >= 15 is 0 Å². The molecule has 0 aromatic heterocycles. The lowest BCUT2D eigenvalue weighted by molar-refractivity contribution is -0.132. The Morgan fingerprint density at radius 3 is 2.30 bits per heavy atom. The van der Waals surface area contributed by atoms with Crippen LogP contribution in [0.5, 0.6) is 5.75 Å². The van der Waals surface area contributed by atoms with Crippen molar-refractivity contribution in [3.05, 3.63) is 65.7 Å². The molecule has 0 saturated carbocycles. The predicted octanol–water partition coefficient (Wildman–Crippen LogP) is 3.21. The maximum atomic E-state index is 12.7. The van der Waals surface area contributed by atoms with Gasteiger partial charge in [0, 0.05) is 37.0 Å². The first-order chi connectivity index (χ1) is 13.1. The first kappa shape index (κ1) is 19.1. The number of piperidine rings is 1. The molecule has 2 aromatic rings. The molecule has 1 aliphatic rings. The molecule has 27 heavy (non-hydrogen) atoms. The maximum Gasteiger partial charge on any atom is 0.224 e. The minimum absolute atomic E-state index is 0.0368. The van der Waals surface area contributed by atoms with Crippen LogP contribution in [0.2, 0.25) is 0 Å². The minimum Gasteiger partial charge on any atom is -0.497 e. The van der Waals surface area contributed by atoms with Gasteiger partial charge in [-0.1, -0.05) is 30.3 Å². The van der Waals surface area contributed by atoms with Gasteiger partial charge < -0.3 is 15.4 Å². The molecule has 3 rings (SSSR count). The number of carbonyl (C=O) groups is 2. The molecule has 0 bridgehead atoms. The van der Waals surface area contributed by atoms with Crippen LogP contribution in [0.15, 0.2) is 54.6 Å². The predicted molar refractivity (Wildman–Crippen MR) is 105 cm³/mol. The Kier molecular flexibility index (Phi) is 6.24. The Balaban J connectivity index is 1.51. The number of hydrogen-bond donors (Lipinski definition) is 1. The van der Waals surface area contributed by atoms with Gasteiger partial charge in [0.25, 0.3) is 0 Å². The smallest absolute Gasteiger partial charge is 0.224 e. The van der Waals surface area contributed by atoms with E-state index in [2.05, 4.69) is 0 Å². The van der Waals surface area contributed by atoms with Gasteiger partial charge in [-0.3, -0.25) is 9.59 Å². The van der Waals surface area contributed by atoms with Gasteiger partial charge in [0.2, 0.25) is 5.91 Å². The number of benzene rings is 2. The van der Waals surface area contributed by atoms with E-state index in [1.165, 1.54) is 0 Å². The number of ketones is 1. The third-order valence-corrected chi connectivity index (χ3v) is 5.22. The summed E-state index contributed by atoms with van der Waals surface area (Å²) in [5.41, 5.74) is 7.83. The van der Waals surface area contributed by atoms with Gasteiger partial charge in [-0.25, -0.2) is 0 Å². The lowest BCUT2D eigenvalue weighted by atomic mass is 9.88. The Bertz CT molecular complexity index is 766. The maximum absolute atomic E-state index is 12.7.